The van der Waals surface area contributed by atoms with E-state index in [1.54, 1.807) is 4.90 Å². The number of hydrogen-bond acceptors (Lipinski definition) is 3. The lowest BCUT2D eigenvalue weighted by Gasteiger charge is -2.30. The molecule has 0 spiro atoms. The van der Waals surface area contributed by atoms with E-state index in [0.717, 1.165) is 32.5 Å². The van der Waals surface area contributed by atoms with E-state index in [9.17, 15) is 9.90 Å². The van der Waals surface area contributed by atoms with Gasteiger partial charge in [-0.2, -0.15) is 0 Å². The van der Waals surface area contributed by atoms with E-state index in [4.69, 9.17) is 0 Å². The van der Waals surface area contributed by atoms with Crippen LogP contribution in [0.15, 0.2) is 0 Å². The summed E-state index contributed by atoms with van der Waals surface area (Å²) >= 11 is 0. The second-order valence-electron chi connectivity index (χ2n) is 5.13. The summed E-state index contributed by atoms with van der Waals surface area (Å²) in [6.07, 6.45) is 3.75. The molecule has 1 unspecified atom stereocenters. The van der Waals surface area contributed by atoms with Crippen molar-refractivity contribution in [3.63, 3.8) is 0 Å². The summed E-state index contributed by atoms with van der Waals surface area (Å²) in [5.41, 5.74) is 0. The zero-order valence-electron chi connectivity index (χ0n) is 11.7. The summed E-state index contributed by atoms with van der Waals surface area (Å²) in [7, 11) is 2.08. The Hall–Kier alpha value is -0.810. The van der Waals surface area contributed by atoms with Crippen molar-refractivity contribution >= 4 is 6.03 Å². The quantitative estimate of drug-likeness (QED) is 0.743. The highest BCUT2D eigenvalue weighted by Gasteiger charge is 2.21. The van der Waals surface area contributed by atoms with E-state index in [1.165, 1.54) is 12.8 Å². The molecule has 2 N–H and O–H groups in total. The normalized spacial score (nSPS) is 20.2. The number of amides is 2. The van der Waals surface area contributed by atoms with Crippen LogP contribution in [0.1, 0.15) is 32.6 Å². The van der Waals surface area contributed by atoms with Gasteiger partial charge < -0.3 is 20.2 Å². The van der Waals surface area contributed by atoms with Gasteiger partial charge in [-0.15, -0.1) is 0 Å². The monoisotopic (exact) mass is 257 g/mol. The Bertz CT molecular complexity index is 248. The van der Waals surface area contributed by atoms with Crippen molar-refractivity contribution in [3.8, 4) is 0 Å². The van der Waals surface area contributed by atoms with Crippen molar-refractivity contribution in [1.29, 1.82) is 0 Å². The summed E-state index contributed by atoms with van der Waals surface area (Å²) in [6.45, 7) is 6.03. The molecule has 1 aliphatic rings. The van der Waals surface area contributed by atoms with Gasteiger partial charge in [-0.25, -0.2) is 4.79 Å². The van der Waals surface area contributed by atoms with Crippen LogP contribution in [0.2, 0.25) is 0 Å². The van der Waals surface area contributed by atoms with Gasteiger partial charge >= 0.3 is 6.03 Å². The number of piperidine rings is 1. The third-order valence-corrected chi connectivity index (χ3v) is 3.35. The molecular formula is C13H27N3O2. The zero-order chi connectivity index (χ0) is 13.4. The highest BCUT2D eigenvalue weighted by Crippen LogP contribution is 2.09. The number of likely N-dealkylation sites (tertiary alicyclic amines) is 1. The first-order chi connectivity index (χ1) is 8.63. The van der Waals surface area contributed by atoms with Crippen molar-refractivity contribution in [2.24, 2.45) is 0 Å². The minimum Gasteiger partial charge on any atom is -0.391 e. The number of aliphatic hydroxyl groups excluding tert-OH is 1. The van der Waals surface area contributed by atoms with Gasteiger partial charge in [0.05, 0.1) is 6.10 Å². The van der Waals surface area contributed by atoms with Gasteiger partial charge in [-0.3, -0.25) is 0 Å². The third kappa shape index (κ3) is 5.69. The van der Waals surface area contributed by atoms with Gasteiger partial charge in [-0.05, 0) is 32.9 Å². The molecule has 5 heteroatoms. The molecule has 1 saturated heterocycles. The van der Waals surface area contributed by atoms with Crippen LogP contribution >= 0.6 is 0 Å². The number of nitrogens with zero attached hydrogens (tertiary/aromatic N) is 2. The van der Waals surface area contributed by atoms with Crippen molar-refractivity contribution in [2.75, 3.05) is 39.8 Å². The minimum atomic E-state index is -0.350. The molecule has 2 amide bonds. The van der Waals surface area contributed by atoms with Crippen LogP contribution in [0.25, 0.3) is 0 Å². The van der Waals surface area contributed by atoms with Crippen LogP contribution in [0.5, 0.6) is 0 Å². The van der Waals surface area contributed by atoms with Crippen LogP contribution in [-0.4, -0.2) is 66.8 Å². The molecule has 0 saturated carbocycles. The van der Waals surface area contributed by atoms with Crippen molar-refractivity contribution < 1.29 is 9.90 Å². The molecule has 0 bridgehead atoms. The number of nitrogens with one attached hydrogen (secondary N) is 1. The molecule has 0 aliphatic carbocycles. The number of aliphatic hydroxyl groups is 1. The van der Waals surface area contributed by atoms with Crippen LogP contribution in [-0.2, 0) is 0 Å². The molecule has 1 rings (SSSR count). The Balaban J connectivity index is 2.12. The second-order valence-corrected chi connectivity index (χ2v) is 5.13. The lowest BCUT2D eigenvalue weighted by atomic mass is 10.1. The average Bonchev–Trinajstić information content (AvgIpc) is 2.36. The fourth-order valence-corrected chi connectivity index (χ4v) is 2.14. The molecule has 0 aromatic carbocycles. The molecule has 5 nitrogen and oxygen atoms in total. The first-order valence-electron chi connectivity index (χ1n) is 7.03. The third-order valence-electron chi connectivity index (χ3n) is 3.35. The Morgan fingerprint density at radius 1 is 1.50 bits per heavy atom. The largest absolute Gasteiger partial charge is 0.391 e. The van der Waals surface area contributed by atoms with Crippen LogP contribution in [0.3, 0.4) is 0 Å². The number of hydrogen-bond donors (Lipinski definition) is 2. The highest BCUT2D eigenvalue weighted by atomic mass is 16.3. The number of unbranched alkanes of at least 4 members (excludes halogenated alkanes) is 1. The lowest BCUT2D eigenvalue weighted by molar-refractivity contribution is 0.0841. The fraction of sp³-hybridized carbons (Fsp3) is 0.923. The lowest BCUT2D eigenvalue weighted by Crippen LogP contribution is -2.48. The number of rotatable bonds is 6. The fourth-order valence-electron chi connectivity index (χ4n) is 2.14. The van der Waals surface area contributed by atoms with Gasteiger partial charge in [-0.1, -0.05) is 13.3 Å². The van der Waals surface area contributed by atoms with Crippen molar-refractivity contribution in [2.45, 2.75) is 38.7 Å². The summed E-state index contributed by atoms with van der Waals surface area (Å²) in [4.78, 5) is 15.8. The maximum atomic E-state index is 11.8. The average molecular weight is 257 g/mol. The SMILES string of the molecule is CCCCN(C)CCNC(=O)N1CCCC(O)C1. The molecule has 106 valence electrons. The highest BCUT2D eigenvalue weighted by molar-refractivity contribution is 5.74. The Morgan fingerprint density at radius 3 is 2.94 bits per heavy atom. The molecule has 0 aromatic heterocycles. The summed E-state index contributed by atoms with van der Waals surface area (Å²) in [5.74, 6) is 0. The number of urea groups is 1. The number of likely N-dealkylation sites (N-methyl/N-ethyl adjacent to an activating group) is 1. The first kappa shape index (κ1) is 15.2. The van der Waals surface area contributed by atoms with Crippen LogP contribution in [0.4, 0.5) is 4.79 Å². The number of carbonyl (C=O) groups is 1. The van der Waals surface area contributed by atoms with Gasteiger partial charge in [0, 0.05) is 26.2 Å². The molecule has 1 heterocycles. The Morgan fingerprint density at radius 2 is 2.28 bits per heavy atom. The molecular weight excluding hydrogens is 230 g/mol. The number of β-amino-alcohol motifs (C(OH)–C–C–N with tert-alkyl or cyclic N) is 1. The maximum Gasteiger partial charge on any atom is 0.317 e. The molecule has 0 aromatic rings. The van der Waals surface area contributed by atoms with E-state index in [-0.39, 0.29) is 12.1 Å². The maximum absolute atomic E-state index is 11.8. The predicted octanol–water partition coefficient (Wildman–Crippen LogP) is 0.885. The Kier molecular flexibility index (Phi) is 7.05. The minimum absolute atomic E-state index is 0.0439. The molecule has 1 aliphatic heterocycles. The van der Waals surface area contributed by atoms with Gasteiger partial charge in [0.2, 0.25) is 0 Å². The standard InChI is InChI=1S/C13H27N3O2/c1-3-4-8-15(2)10-7-14-13(18)16-9-5-6-12(17)11-16/h12,17H,3-11H2,1-2H3,(H,14,18). The zero-order valence-corrected chi connectivity index (χ0v) is 11.7. The van der Waals surface area contributed by atoms with Gasteiger partial charge in [0.1, 0.15) is 0 Å². The molecule has 1 atom stereocenters. The van der Waals surface area contributed by atoms with Crippen molar-refractivity contribution in [3.05, 3.63) is 0 Å². The summed E-state index contributed by atoms with van der Waals surface area (Å²) in [6, 6.07) is -0.0439. The van der Waals surface area contributed by atoms with Crippen molar-refractivity contribution in [1.82, 2.24) is 15.1 Å². The number of carbonyl (C=O) groups excluding carboxylic acids is 1. The predicted molar refractivity (Wildman–Crippen MR) is 72.6 cm³/mol. The summed E-state index contributed by atoms with van der Waals surface area (Å²) in [5, 5.41) is 12.4. The molecule has 1 fully saturated rings. The van der Waals surface area contributed by atoms with Crippen LogP contribution < -0.4 is 5.32 Å². The van der Waals surface area contributed by atoms with Gasteiger partial charge in [0.15, 0.2) is 0 Å². The van der Waals surface area contributed by atoms with E-state index < -0.39 is 0 Å². The second kappa shape index (κ2) is 8.32. The van der Waals surface area contributed by atoms with E-state index in [2.05, 4.69) is 24.2 Å². The summed E-state index contributed by atoms with van der Waals surface area (Å²) < 4.78 is 0. The first-order valence-corrected chi connectivity index (χ1v) is 7.03. The molecule has 18 heavy (non-hydrogen) atoms. The van der Waals surface area contributed by atoms with Gasteiger partial charge in [0.25, 0.3) is 0 Å². The van der Waals surface area contributed by atoms with E-state index in [0.29, 0.717) is 13.1 Å². The van der Waals surface area contributed by atoms with E-state index in [1.807, 2.05) is 0 Å². The Labute approximate surface area is 110 Å². The topological polar surface area (TPSA) is 55.8 Å². The molecule has 0 radical (unpaired) electrons. The van der Waals surface area contributed by atoms with E-state index >= 15 is 0 Å². The smallest absolute Gasteiger partial charge is 0.317 e. The van der Waals surface area contributed by atoms with Crippen LogP contribution in [0, 0.1) is 0 Å².